The Balaban J connectivity index is 1.11. The van der Waals surface area contributed by atoms with Gasteiger partial charge in [0, 0.05) is 38.8 Å². The molecule has 0 amide bonds. The Hall–Kier alpha value is -5.52. The van der Waals surface area contributed by atoms with Gasteiger partial charge in [-0.05, 0) is 99.0 Å². The lowest BCUT2D eigenvalue weighted by Crippen LogP contribution is -2.42. The zero-order chi connectivity index (χ0) is 43.7. The molecule has 8 bridgehead atoms. The van der Waals surface area contributed by atoms with E-state index >= 15 is 0 Å². The van der Waals surface area contributed by atoms with Crippen molar-refractivity contribution in [3.05, 3.63) is 108 Å². The van der Waals surface area contributed by atoms with Crippen LogP contribution in [0.15, 0.2) is 84.9 Å². The Morgan fingerprint density at radius 3 is 1.26 bits per heavy atom. The number of aromatic nitrogens is 4. The van der Waals surface area contributed by atoms with E-state index < -0.39 is 0 Å². The van der Waals surface area contributed by atoms with E-state index in [4.69, 9.17) is 29.4 Å². The molecule has 2 aliphatic rings. The number of rotatable bonds is 20. The number of benzene rings is 2. The summed E-state index contributed by atoms with van der Waals surface area (Å²) in [7, 11) is 17.8. The maximum Gasteiger partial charge on any atom is 0.119 e. The van der Waals surface area contributed by atoms with Gasteiger partial charge in [0.15, 0.2) is 0 Å². The number of fused-ring (bicyclic) bond motifs is 8. The number of hydrogen-bond acceptors (Lipinski definition) is 6. The van der Waals surface area contributed by atoms with Crippen LogP contribution in [0.25, 0.3) is 68.6 Å². The fraction of sp³-hybridized carbons (Fsp3) is 0.385. The first-order valence-electron chi connectivity index (χ1n) is 22.2. The van der Waals surface area contributed by atoms with Gasteiger partial charge in [-0.1, -0.05) is 60.7 Å². The maximum absolute atomic E-state index is 6.22. The number of nitrogens with zero attached hydrogens (tertiary/aromatic N) is 8. The molecule has 2 aromatic carbocycles. The first kappa shape index (κ1) is 44.5. The number of hydrogen-bond donors (Lipinski definition) is 0. The van der Waals surface area contributed by atoms with Crippen molar-refractivity contribution < 1.29 is 18.4 Å². The molecule has 10 heteroatoms. The summed E-state index contributed by atoms with van der Waals surface area (Å²) in [5.74, 6) is 1.73. The molecule has 5 aromatic rings. The summed E-state index contributed by atoms with van der Waals surface area (Å²) in [4.78, 5) is 24.9. The molecule has 326 valence electrons. The first-order chi connectivity index (χ1) is 29.8. The molecule has 0 saturated carbocycles. The highest BCUT2D eigenvalue weighted by Crippen LogP contribution is 2.33. The van der Waals surface area contributed by atoms with Crippen LogP contribution in [0, 0.1) is 0 Å². The largest absolute Gasteiger partial charge is 0.657 e. The monoisotopic (exact) mass is 835 g/mol. The maximum atomic E-state index is 6.22. The lowest BCUT2D eigenvalue weighted by atomic mass is 10.0. The van der Waals surface area contributed by atoms with E-state index in [9.17, 15) is 0 Å². The van der Waals surface area contributed by atoms with Crippen LogP contribution < -0.4 is 19.4 Å². The van der Waals surface area contributed by atoms with E-state index in [1.807, 2.05) is 12.1 Å². The van der Waals surface area contributed by atoms with Crippen molar-refractivity contribution in [1.29, 1.82) is 0 Å². The van der Waals surface area contributed by atoms with Gasteiger partial charge in [-0.25, -0.2) is 9.97 Å². The third-order valence-electron chi connectivity index (χ3n) is 11.6. The van der Waals surface area contributed by atoms with Crippen molar-refractivity contribution in [2.75, 3.05) is 109 Å². The third-order valence-corrected chi connectivity index (χ3v) is 11.6. The molecule has 0 spiro atoms. The Labute approximate surface area is 369 Å². The van der Waals surface area contributed by atoms with Crippen LogP contribution in [0.4, 0.5) is 0 Å². The van der Waals surface area contributed by atoms with Crippen LogP contribution in [-0.4, -0.2) is 138 Å². The van der Waals surface area contributed by atoms with Gasteiger partial charge in [0.2, 0.25) is 0 Å². The van der Waals surface area contributed by atoms with Crippen molar-refractivity contribution >= 4 is 46.4 Å². The summed E-state index contributed by atoms with van der Waals surface area (Å²) in [6.45, 7) is 8.08. The zero-order valence-corrected chi connectivity index (χ0v) is 38.3. The molecule has 0 N–H and O–H groups in total. The summed E-state index contributed by atoms with van der Waals surface area (Å²) in [6.07, 6.45) is 12.6. The van der Waals surface area contributed by atoms with Gasteiger partial charge in [-0.15, -0.1) is 22.1 Å². The molecule has 0 saturated heterocycles. The highest BCUT2D eigenvalue weighted by molar-refractivity contribution is 5.93. The predicted molar refractivity (Wildman–Crippen MR) is 258 cm³/mol. The average molecular weight is 835 g/mol. The second kappa shape index (κ2) is 20.1. The van der Waals surface area contributed by atoms with Gasteiger partial charge in [0.25, 0.3) is 0 Å². The van der Waals surface area contributed by atoms with Gasteiger partial charge < -0.3 is 38.2 Å². The van der Waals surface area contributed by atoms with Crippen LogP contribution in [0.2, 0.25) is 0 Å². The quantitative estimate of drug-likeness (QED) is 0.0557. The molecule has 10 nitrogen and oxygen atoms in total. The van der Waals surface area contributed by atoms with Gasteiger partial charge in [-0.3, -0.25) is 0 Å². The molecule has 2 aliphatic heterocycles. The molecule has 0 fully saturated rings. The van der Waals surface area contributed by atoms with Crippen molar-refractivity contribution in [2.24, 2.45) is 0 Å². The van der Waals surface area contributed by atoms with Crippen LogP contribution in [0.3, 0.4) is 0 Å². The van der Waals surface area contributed by atoms with Gasteiger partial charge in [0.05, 0.1) is 90.4 Å². The van der Waals surface area contributed by atoms with Crippen molar-refractivity contribution in [3.63, 3.8) is 0 Å². The minimum Gasteiger partial charge on any atom is -0.657 e. The van der Waals surface area contributed by atoms with Crippen molar-refractivity contribution in [1.82, 2.24) is 29.7 Å². The number of quaternary nitrogens is 2. The Bertz CT molecular complexity index is 2320. The second-order valence-corrected chi connectivity index (χ2v) is 18.6. The fourth-order valence-electron chi connectivity index (χ4n) is 8.20. The highest BCUT2D eigenvalue weighted by atomic mass is 16.5. The number of ether oxygens (including phenoxy) is 2. The summed E-state index contributed by atoms with van der Waals surface area (Å²) >= 11 is 0. The topological polar surface area (TPSA) is 78.9 Å². The van der Waals surface area contributed by atoms with E-state index in [1.54, 1.807) is 0 Å². The molecule has 7 rings (SSSR count). The molecular weight excluding hydrogens is 769 g/mol. The first-order valence-corrected chi connectivity index (χ1v) is 22.2. The molecule has 0 unspecified atom stereocenters. The minimum absolute atomic E-state index is 0.685. The SMILES string of the molecule is CN(C)CCC[N+](C)(C)CCCOc1ccc(-c2c3nc(cc4ccc([n-]4)c(-c4ccc(OCCC[N+](C)(C)CCCN(C)C)cc4)c4nc(cc5ccc2[n-]5)C=C4)C=C3)cc1. The van der Waals surface area contributed by atoms with Crippen LogP contribution in [0.1, 0.15) is 48.5 Å². The molecule has 62 heavy (non-hydrogen) atoms. The minimum atomic E-state index is 0.685. The Kier molecular flexibility index (Phi) is 14.4. The Morgan fingerprint density at radius 1 is 0.484 bits per heavy atom. The second-order valence-electron chi connectivity index (χ2n) is 18.6. The van der Waals surface area contributed by atoms with E-state index in [-0.39, 0.29) is 0 Å². The lowest BCUT2D eigenvalue weighted by Gasteiger charge is -2.30. The van der Waals surface area contributed by atoms with Crippen LogP contribution in [-0.2, 0) is 0 Å². The van der Waals surface area contributed by atoms with Gasteiger partial charge >= 0.3 is 0 Å². The van der Waals surface area contributed by atoms with Crippen LogP contribution >= 0.6 is 0 Å². The normalized spacial score (nSPS) is 12.8. The highest BCUT2D eigenvalue weighted by Gasteiger charge is 2.16. The molecule has 3 aromatic heterocycles. The van der Waals surface area contributed by atoms with E-state index in [0.717, 1.165) is 140 Å². The predicted octanol–water partition coefficient (Wildman–Crippen LogP) is 8.84. The molecule has 5 heterocycles. The Morgan fingerprint density at radius 2 is 0.871 bits per heavy atom. The lowest BCUT2D eigenvalue weighted by molar-refractivity contribution is -0.890. The van der Waals surface area contributed by atoms with E-state index in [0.29, 0.717) is 13.2 Å². The van der Waals surface area contributed by atoms with Crippen molar-refractivity contribution in [2.45, 2.75) is 25.7 Å². The van der Waals surface area contributed by atoms with Gasteiger partial charge in [-0.2, -0.15) is 0 Å². The van der Waals surface area contributed by atoms with E-state index in [2.05, 4.69) is 163 Å². The smallest absolute Gasteiger partial charge is 0.119 e. The summed E-state index contributed by atoms with van der Waals surface area (Å²) < 4.78 is 14.4. The molecule has 0 aliphatic carbocycles. The molecular formula is C52H66N8O2. The van der Waals surface area contributed by atoms with Crippen LogP contribution in [0.5, 0.6) is 11.5 Å². The zero-order valence-electron chi connectivity index (χ0n) is 38.3. The summed E-state index contributed by atoms with van der Waals surface area (Å²) in [5.41, 5.74) is 10.8. The fourth-order valence-corrected chi connectivity index (χ4v) is 8.20. The molecule has 0 atom stereocenters. The van der Waals surface area contributed by atoms with Crippen molar-refractivity contribution in [3.8, 4) is 33.8 Å². The molecule has 0 radical (unpaired) electrons. The average Bonchev–Trinajstić information content (AvgIpc) is 4.07. The third kappa shape index (κ3) is 12.3. The van der Waals surface area contributed by atoms with Gasteiger partial charge in [0.1, 0.15) is 11.5 Å². The summed E-state index contributed by atoms with van der Waals surface area (Å²) in [6, 6.07) is 29.0. The summed E-state index contributed by atoms with van der Waals surface area (Å²) in [5, 5.41) is 0. The standard InChI is InChI=1S/C52H66N8O2/c1-57(2)29-9-31-59(5,6)33-11-35-61-45-21-13-39(14-22-45)51-47-25-17-41(53-47)37-43-19-27-49(55-43)52(50-28-20-44(56-50)38-42-18-26-48(51)54-42)40-15-23-46(24-16-40)62-36-12-34-60(7,8)32-10-30-58(3)4/h13-28,37-38H,9-12,29-36H2,1-8H3. The van der Waals surface area contributed by atoms with E-state index in [1.165, 1.54) is 12.8 Å².